The number of alkyl halides is 3. The summed E-state index contributed by atoms with van der Waals surface area (Å²) < 4.78 is 37.8. The SMILES string of the molecule is O=C(Cc1ccccc1Cl)NC1CCN(c2ccc(C(F)(F)F)cn2)CC1. The Morgan fingerprint density at radius 3 is 2.48 bits per heavy atom. The molecule has 3 rings (SSSR count). The van der Waals surface area contributed by atoms with Crippen molar-refractivity contribution in [3.8, 4) is 0 Å². The molecule has 2 heterocycles. The molecule has 0 bridgehead atoms. The van der Waals surface area contributed by atoms with Gasteiger partial charge in [-0.3, -0.25) is 4.79 Å². The van der Waals surface area contributed by atoms with E-state index in [1.807, 2.05) is 23.1 Å². The smallest absolute Gasteiger partial charge is 0.356 e. The first-order chi connectivity index (χ1) is 12.8. The van der Waals surface area contributed by atoms with Crippen LogP contribution in [-0.2, 0) is 17.4 Å². The van der Waals surface area contributed by atoms with E-state index in [1.165, 1.54) is 6.07 Å². The van der Waals surface area contributed by atoms with Crippen LogP contribution in [0.3, 0.4) is 0 Å². The summed E-state index contributed by atoms with van der Waals surface area (Å²) in [5.74, 6) is 0.429. The Morgan fingerprint density at radius 1 is 1.19 bits per heavy atom. The fourth-order valence-electron chi connectivity index (χ4n) is 3.09. The number of carbonyl (C=O) groups is 1. The van der Waals surface area contributed by atoms with E-state index in [0.29, 0.717) is 36.8 Å². The van der Waals surface area contributed by atoms with Crippen molar-refractivity contribution in [2.24, 2.45) is 0 Å². The van der Waals surface area contributed by atoms with E-state index in [2.05, 4.69) is 10.3 Å². The number of hydrogen-bond acceptors (Lipinski definition) is 3. The second kappa shape index (κ2) is 8.17. The molecule has 1 aliphatic rings. The molecule has 0 atom stereocenters. The van der Waals surface area contributed by atoms with E-state index in [1.54, 1.807) is 6.07 Å². The zero-order valence-electron chi connectivity index (χ0n) is 14.5. The van der Waals surface area contributed by atoms with Gasteiger partial charge in [-0.25, -0.2) is 4.98 Å². The lowest BCUT2D eigenvalue weighted by Gasteiger charge is -2.33. The number of piperidine rings is 1. The van der Waals surface area contributed by atoms with Crippen LogP contribution in [0.4, 0.5) is 19.0 Å². The largest absolute Gasteiger partial charge is 0.417 e. The van der Waals surface area contributed by atoms with Gasteiger partial charge in [0.2, 0.25) is 5.91 Å². The summed E-state index contributed by atoms with van der Waals surface area (Å²) in [6.45, 7) is 1.24. The second-order valence-corrected chi connectivity index (χ2v) is 6.91. The van der Waals surface area contributed by atoms with E-state index >= 15 is 0 Å². The van der Waals surface area contributed by atoms with Crippen LogP contribution in [0.25, 0.3) is 0 Å². The van der Waals surface area contributed by atoms with Gasteiger partial charge in [0.1, 0.15) is 5.82 Å². The zero-order chi connectivity index (χ0) is 19.4. The van der Waals surface area contributed by atoms with E-state index in [9.17, 15) is 18.0 Å². The highest BCUT2D eigenvalue weighted by molar-refractivity contribution is 6.31. The van der Waals surface area contributed by atoms with Crippen molar-refractivity contribution in [1.29, 1.82) is 0 Å². The number of carbonyl (C=O) groups excluding carboxylic acids is 1. The van der Waals surface area contributed by atoms with Crippen molar-refractivity contribution in [2.45, 2.75) is 31.5 Å². The van der Waals surface area contributed by atoms with Gasteiger partial charge in [0.25, 0.3) is 0 Å². The summed E-state index contributed by atoms with van der Waals surface area (Å²) in [7, 11) is 0. The fraction of sp³-hybridized carbons (Fsp3) is 0.368. The minimum absolute atomic E-state index is 0.0330. The van der Waals surface area contributed by atoms with E-state index in [0.717, 1.165) is 17.8 Å². The average molecular weight is 398 g/mol. The van der Waals surface area contributed by atoms with Crippen LogP contribution >= 0.6 is 11.6 Å². The molecule has 8 heteroatoms. The Labute approximate surface area is 160 Å². The van der Waals surface area contributed by atoms with Crippen LogP contribution in [0.5, 0.6) is 0 Å². The maximum absolute atomic E-state index is 12.6. The van der Waals surface area contributed by atoms with Crippen molar-refractivity contribution in [3.63, 3.8) is 0 Å². The van der Waals surface area contributed by atoms with Crippen LogP contribution in [0.15, 0.2) is 42.6 Å². The van der Waals surface area contributed by atoms with Gasteiger partial charge in [-0.2, -0.15) is 13.2 Å². The van der Waals surface area contributed by atoms with Crippen molar-refractivity contribution >= 4 is 23.3 Å². The van der Waals surface area contributed by atoms with Gasteiger partial charge >= 0.3 is 6.18 Å². The van der Waals surface area contributed by atoms with Crippen LogP contribution < -0.4 is 10.2 Å². The maximum Gasteiger partial charge on any atom is 0.417 e. The Balaban J connectivity index is 1.50. The summed E-state index contributed by atoms with van der Waals surface area (Å²) in [5.41, 5.74) is 0.0241. The van der Waals surface area contributed by atoms with Crippen LogP contribution in [0.2, 0.25) is 5.02 Å². The Hall–Kier alpha value is -2.28. The highest BCUT2D eigenvalue weighted by atomic mass is 35.5. The average Bonchev–Trinajstić information content (AvgIpc) is 2.64. The molecule has 0 saturated carbocycles. The minimum atomic E-state index is -4.38. The number of hydrogen-bond donors (Lipinski definition) is 1. The number of nitrogens with zero attached hydrogens (tertiary/aromatic N) is 2. The molecule has 1 amide bonds. The summed E-state index contributed by atoms with van der Waals surface area (Å²) in [5, 5.41) is 3.57. The highest BCUT2D eigenvalue weighted by Crippen LogP contribution is 2.29. The van der Waals surface area contributed by atoms with Crippen LogP contribution in [0, 0.1) is 0 Å². The molecule has 0 radical (unpaired) electrons. The van der Waals surface area contributed by atoms with Gasteiger partial charge in [0, 0.05) is 30.4 Å². The molecule has 4 nitrogen and oxygen atoms in total. The van der Waals surface area contributed by atoms with Gasteiger partial charge in [0.05, 0.1) is 12.0 Å². The lowest BCUT2D eigenvalue weighted by Crippen LogP contribution is -2.45. The molecular weight excluding hydrogens is 379 g/mol. The Bertz CT molecular complexity index is 788. The lowest BCUT2D eigenvalue weighted by molar-refractivity contribution is -0.137. The first-order valence-corrected chi connectivity index (χ1v) is 9.01. The maximum atomic E-state index is 12.6. The first kappa shape index (κ1) is 19.5. The van der Waals surface area contributed by atoms with Gasteiger partial charge in [0.15, 0.2) is 0 Å². The standard InChI is InChI=1S/C19H19ClF3N3O/c20-16-4-2-1-3-13(16)11-18(27)25-15-7-9-26(10-8-15)17-6-5-14(12-24-17)19(21,22)23/h1-6,12,15H,7-11H2,(H,25,27). The third-order valence-corrected chi connectivity index (χ3v) is 4.94. The first-order valence-electron chi connectivity index (χ1n) is 8.64. The predicted octanol–water partition coefficient (Wildman–Crippen LogP) is 4.08. The molecule has 0 aliphatic carbocycles. The third kappa shape index (κ3) is 5.13. The minimum Gasteiger partial charge on any atom is -0.356 e. The Kier molecular flexibility index (Phi) is 5.89. The monoisotopic (exact) mass is 397 g/mol. The van der Waals surface area contributed by atoms with Crippen LogP contribution in [-0.4, -0.2) is 30.0 Å². The summed E-state index contributed by atoms with van der Waals surface area (Å²) in [4.78, 5) is 18.1. The number of nitrogens with one attached hydrogen (secondary N) is 1. The molecular formula is C19H19ClF3N3O. The number of pyridine rings is 1. The highest BCUT2D eigenvalue weighted by Gasteiger charge is 2.31. The van der Waals surface area contributed by atoms with Crippen molar-refractivity contribution in [3.05, 3.63) is 58.7 Å². The summed E-state index contributed by atoms with van der Waals surface area (Å²) >= 11 is 6.07. The molecule has 0 spiro atoms. The van der Waals surface area contributed by atoms with Crippen molar-refractivity contribution < 1.29 is 18.0 Å². The van der Waals surface area contributed by atoms with E-state index in [4.69, 9.17) is 11.6 Å². The number of halogens is 4. The molecule has 1 saturated heterocycles. The lowest BCUT2D eigenvalue weighted by atomic mass is 10.0. The van der Waals surface area contributed by atoms with E-state index < -0.39 is 11.7 Å². The molecule has 1 N–H and O–H groups in total. The molecule has 1 aromatic carbocycles. The van der Waals surface area contributed by atoms with Crippen molar-refractivity contribution in [2.75, 3.05) is 18.0 Å². The van der Waals surface area contributed by atoms with Gasteiger partial charge in [-0.1, -0.05) is 29.8 Å². The molecule has 27 heavy (non-hydrogen) atoms. The molecule has 2 aromatic rings. The molecule has 1 aromatic heterocycles. The van der Waals surface area contributed by atoms with Crippen molar-refractivity contribution in [1.82, 2.24) is 10.3 Å². The number of rotatable bonds is 4. The molecule has 144 valence electrons. The van der Waals surface area contributed by atoms with Gasteiger partial charge < -0.3 is 10.2 Å². The number of anilines is 1. The number of aromatic nitrogens is 1. The van der Waals surface area contributed by atoms with E-state index in [-0.39, 0.29) is 18.4 Å². The number of amides is 1. The van der Waals surface area contributed by atoms with Crippen LogP contribution in [0.1, 0.15) is 24.0 Å². The van der Waals surface area contributed by atoms with Gasteiger partial charge in [-0.05, 0) is 36.6 Å². The predicted molar refractivity (Wildman–Crippen MR) is 97.8 cm³/mol. The Morgan fingerprint density at radius 2 is 1.89 bits per heavy atom. The quantitative estimate of drug-likeness (QED) is 0.845. The third-order valence-electron chi connectivity index (χ3n) is 4.57. The normalized spacial score (nSPS) is 15.6. The molecule has 1 aliphatic heterocycles. The zero-order valence-corrected chi connectivity index (χ0v) is 15.2. The number of benzene rings is 1. The topological polar surface area (TPSA) is 45.2 Å². The second-order valence-electron chi connectivity index (χ2n) is 6.50. The molecule has 0 unspecified atom stereocenters. The fourth-order valence-corrected chi connectivity index (χ4v) is 3.29. The molecule has 1 fully saturated rings. The van der Waals surface area contributed by atoms with Gasteiger partial charge in [-0.15, -0.1) is 0 Å². The summed E-state index contributed by atoms with van der Waals surface area (Å²) in [6, 6.07) is 9.68. The summed E-state index contributed by atoms with van der Waals surface area (Å²) in [6.07, 6.45) is -1.90.